The van der Waals surface area contributed by atoms with E-state index in [2.05, 4.69) is 20.3 Å². The summed E-state index contributed by atoms with van der Waals surface area (Å²) in [7, 11) is 0. The van der Waals surface area contributed by atoms with Gasteiger partial charge in [-0.1, -0.05) is 24.3 Å². The molecular weight excluding hydrogens is 587 g/mol. The maximum Gasteiger partial charge on any atom is 0.434 e. The van der Waals surface area contributed by atoms with Gasteiger partial charge in [-0.05, 0) is 43.2 Å². The SMILES string of the molecule is CCC(OC(=O)c1ccc([N+](=O)[O-])cc1)(c1cn(Cc2ccc3c(-c4csc(C)n4)cc(C#N)nc3c2)nn1)C(F)(F)F. The summed E-state index contributed by atoms with van der Waals surface area (Å²) in [5.41, 5.74) is -1.67. The molecule has 1 unspecified atom stereocenters. The molecule has 1 atom stereocenters. The van der Waals surface area contributed by atoms with E-state index < -0.39 is 34.8 Å². The van der Waals surface area contributed by atoms with Crippen LogP contribution in [0.5, 0.6) is 0 Å². The fraction of sp³-hybridized carbons (Fsp3) is 0.214. The Morgan fingerprint density at radius 3 is 2.51 bits per heavy atom. The Bertz CT molecular complexity index is 1900. The van der Waals surface area contributed by atoms with E-state index in [1.54, 1.807) is 24.3 Å². The molecule has 218 valence electrons. The second-order valence-corrected chi connectivity index (χ2v) is 10.5. The number of benzene rings is 2. The van der Waals surface area contributed by atoms with Crippen molar-refractivity contribution in [3.8, 4) is 17.3 Å². The molecule has 5 aromatic rings. The number of alkyl halides is 3. The Balaban J connectivity index is 1.45. The number of fused-ring (bicyclic) bond motifs is 1. The van der Waals surface area contributed by atoms with Crippen LogP contribution in [0.4, 0.5) is 18.9 Å². The zero-order valence-electron chi connectivity index (χ0n) is 22.5. The number of halogens is 3. The highest BCUT2D eigenvalue weighted by molar-refractivity contribution is 7.09. The van der Waals surface area contributed by atoms with Crippen molar-refractivity contribution in [2.24, 2.45) is 0 Å². The number of ether oxygens (including phenoxy) is 1. The van der Waals surface area contributed by atoms with Crippen molar-refractivity contribution < 1.29 is 27.6 Å². The van der Waals surface area contributed by atoms with E-state index in [1.165, 1.54) is 22.9 Å². The minimum absolute atomic E-state index is 0.000490. The van der Waals surface area contributed by atoms with Crippen LogP contribution in [0.1, 0.15) is 45.7 Å². The van der Waals surface area contributed by atoms with E-state index in [9.17, 15) is 33.3 Å². The second-order valence-electron chi connectivity index (χ2n) is 9.44. The van der Waals surface area contributed by atoms with E-state index in [4.69, 9.17) is 4.74 Å². The van der Waals surface area contributed by atoms with Crippen LogP contribution in [-0.2, 0) is 16.9 Å². The number of pyridine rings is 1. The summed E-state index contributed by atoms with van der Waals surface area (Å²) in [6, 6.07) is 13.0. The molecule has 0 amide bonds. The van der Waals surface area contributed by atoms with E-state index in [0.717, 1.165) is 46.4 Å². The Morgan fingerprint density at radius 1 is 1.16 bits per heavy atom. The molecule has 0 fully saturated rings. The van der Waals surface area contributed by atoms with Gasteiger partial charge in [-0.2, -0.15) is 18.4 Å². The molecule has 15 heteroatoms. The van der Waals surface area contributed by atoms with Gasteiger partial charge in [-0.3, -0.25) is 10.1 Å². The molecule has 0 saturated carbocycles. The van der Waals surface area contributed by atoms with Gasteiger partial charge in [0.25, 0.3) is 11.3 Å². The maximum atomic E-state index is 14.5. The number of nitro benzene ring substituents is 1. The first-order valence-electron chi connectivity index (χ1n) is 12.7. The number of carbonyl (C=O) groups is 1. The second kappa shape index (κ2) is 11.2. The highest BCUT2D eigenvalue weighted by Crippen LogP contribution is 2.44. The number of hydrogen-bond acceptors (Lipinski definition) is 10. The quantitative estimate of drug-likeness (QED) is 0.116. The van der Waals surface area contributed by atoms with Crippen molar-refractivity contribution in [2.75, 3.05) is 0 Å². The first-order chi connectivity index (χ1) is 20.4. The monoisotopic (exact) mass is 607 g/mol. The van der Waals surface area contributed by atoms with Gasteiger partial charge in [-0.15, -0.1) is 16.4 Å². The Morgan fingerprint density at radius 2 is 1.91 bits per heavy atom. The first kappa shape index (κ1) is 29.3. The number of thiazole rings is 1. The number of esters is 1. The third kappa shape index (κ3) is 5.64. The normalized spacial score (nSPS) is 12.9. The van der Waals surface area contributed by atoms with E-state index in [0.29, 0.717) is 16.8 Å². The molecule has 0 aliphatic rings. The van der Waals surface area contributed by atoms with Crippen LogP contribution >= 0.6 is 11.3 Å². The van der Waals surface area contributed by atoms with Gasteiger partial charge in [0.1, 0.15) is 17.5 Å². The van der Waals surface area contributed by atoms with Gasteiger partial charge in [0.15, 0.2) is 0 Å². The summed E-state index contributed by atoms with van der Waals surface area (Å²) in [6.45, 7) is 3.06. The van der Waals surface area contributed by atoms with Crippen LogP contribution in [0.2, 0.25) is 0 Å². The summed E-state index contributed by atoms with van der Waals surface area (Å²) in [6.07, 6.45) is -4.72. The average Bonchev–Trinajstić information content (AvgIpc) is 3.63. The number of aromatic nitrogens is 5. The molecule has 43 heavy (non-hydrogen) atoms. The Hall–Kier alpha value is -5.23. The third-order valence-corrected chi connectivity index (χ3v) is 7.49. The molecule has 2 aromatic carbocycles. The number of nitro groups is 1. The number of nitriles is 1. The topological polar surface area (TPSA) is 150 Å². The molecule has 11 nitrogen and oxygen atoms in total. The van der Waals surface area contributed by atoms with Crippen molar-refractivity contribution in [1.82, 2.24) is 25.0 Å². The summed E-state index contributed by atoms with van der Waals surface area (Å²) in [4.78, 5) is 31.8. The summed E-state index contributed by atoms with van der Waals surface area (Å²) in [5.74, 6) is -1.33. The first-order valence-corrected chi connectivity index (χ1v) is 13.5. The largest absolute Gasteiger partial charge is 0.439 e. The molecule has 0 bridgehead atoms. The molecular formula is C28H20F3N7O4S. The molecule has 0 aliphatic heterocycles. The number of nitrogens with zero attached hydrogens (tertiary/aromatic N) is 7. The maximum absolute atomic E-state index is 14.5. The smallest absolute Gasteiger partial charge is 0.434 e. The van der Waals surface area contributed by atoms with Gasteiger partial charge >= 0.3 is 12.1 Å². The fourth-order valence-electron chi connectivity index (χ4n) is 4.52. The summed E-state index contributed by atoms with van der Waals surface area (Å²) < 4.78 is 49.7. The van der Waals surface area contributed by atoms with Crippen LogP contribution in [0.15, 0.2) is 60.1 Å². The molecule has 0 saturated heterocycles. The average molecular weight is 608 g/mol. The lowest BCUT2D eigenvalue weighted by molar-refractivity contribution is -0.384. The molecule has 5 rings (SSSR count). The zero-order valence-corrected chi connectivity index (χ0v) is 23.3. The Kier molecular flexibility index (Phi) is 7.63. The molecule has 3 heterocycles. The lowest BCUT2D eigenvalue weighted by atomic mass is 9.95. The van der Waals surface area contributed by atoms with Gasteiger partial charge in [0.05, 0.1) is 39.4 Å². The van der Waals surface area contributed by atoms with Crippen LogP contribution in [0.3, 0.4) is 0 Å². The zero-order chi connectivity index (χ0) is 30.9. The van der Waals surface area contributed by atoms with Gasteiger partial charge in [-0.25, -0.2) is 19.4 Å². The highest BCUT2D eigenvalue weighted by Gasteiger charge is 2.60. The lowest BCUT2D eigenvalue weighted by Crippen LogP contribution is -2.46. The summed E-state index contributed by atoms with van der Waals surface area (Å²) >= 11 is 1.47. The highest BCUT2D eigenvalue weighted by atomic mass is 32.1. The van der Waals surface area contributed by atoms with Crippen molar-refractivity contribution in [3.05, 3.63) is 97.7 Å². The van der Waals surface area contributed by atoms with Crippen LogP contribution in [-0.4, -0.2) is 42.0 Å². The number of aryl methyl sites for hydroxylation is 1. The number of rotatable bonds is 8. The van der Waals surface area contributed by atoms with Gasteiger partial charge in [0, 0.05) is 28.5 Å². The van der Waals surface area contributed by atoms with Gasteiger partial charge in [0.2, 0.25) is 0 Å². The van der Waals surface area contributed by atoms with Crippen molar-refractivity contribution in [2.45, 2.75) is 38.6 Å². The molecule has 3 aromatic heterocycles. The molecule has 0 N–H and O–H groups in total. The van der Waals surface area contributed by atoms with E-state index in [-0.39, 0.29) is 23.5 Å². The van der Waals surface area contributed by atoms with Crippen LogP contribution in [0, 0.1) is 28.4 Å². The van der Waals surface area contributed by atoms with Crippen LogP contribution in [0.25, 0.3) is 22.2 Å². The number of hydrogen-bond donors (Lipinski definition) is 0. The standard InChI is InChI=1S/C28H20F3N7O4S/c1-3-27(28(29,30)31,42-26(39)18-5-7-20(8-6-18)38(40)41)25-14-37(36-35-25)13-17-4-9-21-22(24-15-43-16(2)33-24)11-19(12-32)34-23(21)10-17/h4-11,14-15H,3,13H2,1-2H3. The minimum atomic E-state index is -5.07. The van der Waals surface area contributed by atoms with Gasteiger partial charge < -0.3 is 4.74 Å². The molecule has 0 aliphatic carbocycles. The minimum Gasteiger partial charge on any atom is -0.439 e. The van der Waals surface area contributed by atoms with E-state index >= 15 is 0 Å². The Labute approximate surface area is 245 Å². The molecule has 0 spiro atoms. The lowest BCUT2D eigenvalue weighted by Gasteiger charge is -2.32. The predicted octanol–water partition coefficient (Wildman–Crippen LogP) is 6.11. The van der Waals surface area contributed by atoms with Crippen molar-refractivity contribution in [1.29, 1.82) is 5.26 Å². The van der Waals surface area contributed by atoms with Crippen LogP contribution < -0.4 is 0 Å². The predicted molar refractivity (Wildman–Crippen MR) is 148 cm³/mol. The van der Waals surface area contributed by atoms with Crippen molar-refractivity contribution >= 4 is 33.9 Å². The number of carbonyl (C=O) groups excluding carboxylic acids is 1. The number of non-ortho nitro benzene ring substituents is 1. The molecule has 0 radical (unpaired) electrons. The summed E-state index contributed by atoms with van der Waals surface area (Å²) in [5, 5.41) is 31.4. The fourth-order valence-corrected chi connectivity index (χ4v) is 5.13. The van der Waals surface area contributed by atoms with Crippen molar-refractivity contribution in [3.63, 3.8) is 0 Å². The third-order valence-electron chi connectivity index (χ3n) is 6.72. The van der Waals surface area contributed by atoms with E-state index in [1.807, 2.05) is 18.4 Å².